The maximum absolute atomic E-state index is 9.16. The third-order valence-corrected chi connectivity index (χ3v) is 2.47. The van der Waals surface area contributed by atoms with E-state index < -0.39 is 0 Å². The van der Waals surface area contributed by atoms with Crippen LogP contribution in [-0.2, 0) is 6.42 Å². The van der Waals surface area contributed by atoms with E-state index in [1.165, 1.54) is 16.7 Å². The Morgan fingerprint density at radius 1 is 0.765 bits per heavy atom. The maximum Gasteiger partial charge on any atom is 0.115 e. The Balaban J connectivity index is 0.000000686. The minimum Gasteiger partial charge on any atom is -0.508 e. The molecule has 0 saturated carbocycles. The van der Waals surface area contributed by atoms with Crippen LogP contribution in [0, 0.1) is 6.92 Å². The molecule has 0 aromatic heterocycles. The first kappa shape index (κ1) is 13.3. The van der Waals surface area contributed by atoms with Crippen molar-refractivity contribution in [3.63, 3.8) is 0 Å². The fourth-order valence-electron chi connectivity index (χ4n) is 1.56. The molecule has 0 amide bonds. The molecule has 90 valence electrons. The molecular formula is C16H20O. The number of hydrogen-bond acceptors (Lipinski definition) is 1. The molecule has 0 heterocycles. The maximum atomic E-state index is 9.16. The Hall–Kier alpha value is -1.76. The molecule has 2 aromatic carbocycles. The molecule has 1 nitrogen and oxygen atoms in total. The number of rotatable bonds is 2. The molecule has 0 atom stereocenters. The summed E-state index contributed by atoms with van der Waals surface area (Å²) in [6.07, 6.45) is 0.917. The van der Waals surface area contributed by atoms with Crippen LogP contribution in [0.2, 0.25) is 0 Å². The second-order valence-corrected chi connectivity index (χ2v) is 3.83. The Bertz CT molecular complexity index is 383. The zero-order valence-electron chi connectivity index (χ0n) is 10.8. The van der Waals surface area contributed by atoms with Crippen molar-refractivity contribution in [3.05, 3.63) is 65.2 Å². The zero-order chi connectivity index (χ0) is 12.7. The first-order valence-electron chi connectivity index (χ1n) is 6.07. The average Bonchev–Trinajstić information content (AvgIpc) is 2.37. The van der Waals surface area contributed by atoms with Crippen LogP contribution in [-0.4, -0.2) is 5.11 Å². The largest absolute Gasteiger partial charge is 0.508 e. The molecule has 0 saturated heterocycles. The lowest BCUT2D eigenvalue weighted by Gasteiger charge is -2.02. The van der Waals surface area contributed by atoms with Gasteiger partial charge in [0, 0.05) is 0 Å². The van der Waals surface area contributed by atoms with Gasteiger partial charge in [0.05, 0.1) is 0 Å². The molecule has 0 aliphatic carbocycles. The van der Waals surface area contributed by atoms with Gasteiger partial charge < -0.3 is 5.11 Å². The fraction of sp³-hybridized carbons (Fsp3) is 0.250. The predicted molar refractivity (Wildman–Crippen MR) is 73.4 cm³/mol. The van der Waals surface area contributed by atoms with Crippen molar-refractivity contribution in [2.24, 2.45) is 0 Å². The van der Waals surface area contributed by atoms with Crippen molar-refractivity contribution < 1.29 is 5.11 Å². The summed E-state index contributed by atoms with van der Waals surface area (Å²) in [5.41, 5.74) is 3.80. The molecule has 0 aliphatic heterocycles. The minimum absolute atomic E-state index is 0.322. The molecule has 2 rings (SSSR count). The summed E-state index contributed by atoms with van der Waals surface area (Å²) in [5.74, 6) is 0.322. The molecule has 0 unspecified atom stereocenters. The van der Waals surface area contributed by atoms with Gasteiger partial charge >= 0.3 is 0 Å². The lowest BCUT2D eigenvalue weighted by molar-refractivity contribution is 0.475. The quantitative estimate of drug-likeness (QED) is 0.811. The average molecular weight is 228 g/mol. The standard InChI is InChI=1S/C14H14O.C2H6/c1-11-2-4-12(5-3-11)10-13-6-8-14(15)9-7-13;1-2/h2-9,15H,10H2,1H3;1-2H3. The summed E-state index contributed by atoms with van der Waals surface area (Å²) in [5, 5.41) is 9.16. The van der Waals surface area contributed by atoms with Gasteiger partial charge in [-0.1, -0.05) is 55.8 Å². The summed E-state index contributed by atoms with van der Waals surface area (Å²) in [4.78, 5) is 0. The van der Waals surface area contributed by atoms with Gasteiger partial charge in [-0.2, -0.15) is 0 Å². The zero-order valence-corrected chi connectivity index (χ0v) is 10.8. The van der Waals surface area contributed by atoms with Crippen LogP contribution in [0.1, 0.15) is 30.5 Å². The predicted octanol–water partition coefficient (Wildman–Crippen LogP) is 4.32. The second kappa shape index (κ2) is 6.74. The molecule has 0 aliphatic rings. The van der Waals surface area contributed by atoms with Gasteiger partial charge in [-0.15, -0.1) is 0 Å². The van der Waals surface area contributed by atoms with E-state index in [4.69, 9.17) is 5.11 Å². The second-order valence-electron chi connectivity index (χ2n) is 3.83. The Kier molecular flexibility index (Phi) is 5.28. The van der Waals surface area contributed by atoms with E-state index >= 15 is 0 Å². The third-order valence-electron chi connectivity index (χ3n) is 2.47. The highest BCUT2D eigenvalue weighted by atomic mass is 16.3. The van der Waals surface area contributed by atoms with E-state index in [0.29, 0.717) is 5.75 Å². The normalized spacial score (nSPS) is 9.35. The van der Waals surface area contributed by atoms with E-state index in [-0.39, 0.29) is 0 Å². The molecular weight excluding hydrogens is 208 g/mol. The molecule has 0 radical (unpaired) electrons. The first-order valence-corrected chi connectivity index (χ1v) is 6.07. The van der Waals surface area contributed by atoms with Crippen LogP contribution in [0.5, 0.6) is 5.75 Å². The van der Waals surface area contributed by atoms with Crippen molar-refractivity contribution in [1.29, 1.82) is 0 Å². The molecule has 1 N–H and O–H groups in total. The van der Waals surface area contributed by atoms with E-state index in [0.717, 1.165) is 6.42 Å². The van der Waals surface area contributed by atoms with Gasteiger partial charge in [-0.25, -0.2) is 0 Å². The Morgan fingerprint density at radius 3 is 1.65 bits per heavy atom. The van der Waals surface area contributed by atoms with Gasteiger partial charge in [0.2, 0.25) is 0 Å². The van der Waals surface area contributed by atoms with Crippen LogP contribution >= 0.6 is 0 Å². The lowest BCUT2D eigenvalue weighted by atomic mass is 10.0. The lowest BCUT2D eigenvalue weighted by Crippen LogP contribution is -1.87. The number of aromatic hydroxyl groups is 1. The smallest absolute Gasteiger partial charge is 0.115 e. The van der Waals surface area contributed by atoms with Gasteiger partial charge in [0.1, 0.15) is 5.75 Å². The van der Waals surface area contributed by atoms with Crippen molar-refractivity contribution in [2.75, 3.05) is 0 Å². The van der Waals surface area contributed by atoms with Crippen molar-refractivity contribution in [2.45, 2.75) is 27.2 Å². The van der Waals surface area contributed by atoms with Crippen LogP contribution in [0.3, 0.4) is 0 Å². The van der Waals surface area contributed by atoms with Crippen molar-refractivity contribution in [1.82, 2.24) is 0 Å². The van der Waals surface area contributed by atoms with E-state index in [2.05, 4.69) is 31.2 Å². The molecule has 1 heteroatoms. The SMILES string of the molecule is CC.Cc1ccc(Cc2ccc(O)cc2)cc1. The van der Waals surface area contributed by atoms with E-state index in [1.807, 2.05) is 26.0 Å². The van der Waals surface area contributed by atoms with Gasteiger partial charge in [-0.05, 0) is 36.6 Å². The minimum atomic E-state index is 0.322. The molecule has 0 fully saturated rings. The summed E-state index contributed by atoms with van der Waals surface area (Å²) < 4.78 is 0. The third kappa shape index (κ3) is 4.31. The molecule has 17 heavy (non-hydrogen) atoms. The molecule has 0 bridgehead atoms. The van der Waals surface area contributed by atoms with Gasteiger partial charge in [-0.3, -0.25) is 0 Å². The van der Waals surface area contributed by atoms with Crippen molar-refractivity contribution in [3.8, 4) is 5.75 Å². The fourth-order valence-corrected chi connectivity index (χ4v) is 1.56. The highest BCUT2D eigenvalue weighted by Crippen LogP contribution is 2.14. The Labute approximate surface area is 104 Å². The van der Waals surface area contributed by atoms with Crippen LogP contribution in [0.25, 0.3) is 0 Å². The number of aryl methyl sites for hydroxylation is 1. The Morgan fingerprint density at radius 2 is 1.18 bits per heavy atom. The molecule has 2 aromatic rings. The topological polar surface area (TPSA) is 20.2 Å². The van der Waals surface area contributed by atoms with Crippen LogP contribution < -0.4 is 0 Å². The first-order chi connectivity index (χ1) is 8.24. The van der Waals surface area contributed by atoms with E-state index in [1.54, 1.807) is 12.1 Å². The monoisotopic (exact) mass is 228 g/mol. The molecule has 0 spiro atoms. The van der Waals surface area contributed by atoms with Crippen LogP contribution in [0.4, 0.5) is 0 Å². The number of benzene rings is 2. The number of phenols is 1. The number of hydrogen-bond donors (Lipinski definition) is 1. The summed E-state index contributed by atoms with van der Waals surface area (Å²) >= 11 is 0. The number of phenolic OH excluding ortho intramolecular Hbond substituents is 1. The summed E-state index contributed by atoms with van der Waals surface area (Å²) in [6.45, 7) is 6.09. The highest BCUT2D eigenvalue weighted by Gasteiger charge is 1.96. The van der Waals surface area contributed by atoms with Crippen LogP contribution in [0.15, 0.2) is 48.5 Å². The highest BCUT2D eigenvalue weighted by molar-refractivity contribution is 5.31. The van der Waals surface area contributed by atoms with E-state index in [9.17, 15) is 0 Å². The van der Waals surface area contributed by atoms with Gasteiger partial charge in [0.15, 0.2) is 0 Å². The van der Waals surface area contributed by atoms with Gasteiger partial charge in [0.25, 0.3) is 0 Å². The van der Waals surface area contributed by atoms with Crippen molar-refractivity contribution >= 4 is 0 Å². The summed E-state index contributed by atoms with van der Waals surface area (Å²) in [6, 6.07) is 15.9. The summed E-state index contributed by atoms with van der Waals surface area (Å²) in [7, 11) is 0.